The van der Waals surface area contributed by atoms with Crippen molar-refractivity contribution in [3.63, 3.8) is 0 Å². The molecule has 5 N–H and O–H groups in total. The average molecular weight is 1150 g/mol. The zero-order chi connectivity index (χ0) is 61.7. The summed E-state index contributed by atoms with van der Waals surface area (Å²) in [6.07, 6.45) is 4.50. The van der Waals surface area contributed by atoms with Gasteiger partial charge in [-0.3, -0.25) is 19.2 Å². The van der Waals surface area contributed by atoms with Gasteiger partial charge in [-0.05, 0) is 111 Å². The lowest BCUT2D eigenvalue weighted by atomic mass is 9.44. The van der Waals surface area contributed by atoms with E-state index in [-0.39, 0.29) is 40.7 Å². The van der Waals surface area contributed by atoms with E-state index in [0.29, 0.717) is 5.56 Å². The molecule has 0 unspecified atom stereocenters. The Hall–Kier alpha value is -7.57. The van der Waals surface area contributed by atoms with Crippen LogP contribution in [0.5, 0.6) is 0 Å². The average Bonchev–Trinajstić information content (AvgIpc) is 0.716. The number of ether oxygens (including phenoxy) is 5. The lowest BCUT2D eigenvalue weighted by Gasteiger charge is -2.67. The van der Waals surface area contributed by atoms with Crippen molar-refractivity contribution >= 4 is 41.5 Å². The van der Waals surface area contributed by atoms with Crippen molar-refractivity contribution in [2.45, 2.75) is 162 Å². The van der Waals surface area contributed by atoms with Gasteiger partial charge in [-0.25, -0.2) is 14.4 Å². The third kappa shape index (κ3) is 13.0. The van der Waals surface area contributed by atoms with Gasteiger partial charge in [0, 0.05) is 43.7 Å². The molecule has 8 rings (SSSR count). The van der Waals surface area contributed by atoms with Gasteiger partial charge in [0.05, 0.1) is 35.6 Å². The Morgan fingerprint density at radius 3 is 1.95 bits per heavy atom. The fourth-order valence-electron chi connectivity index (χ4n) is 13.1. The number of ketones is 1. The van der Waals surface area contributed by atoms with Crippen LogP contribution in [-0.2, 0) is 47.7 Å². The molecule has 1 aliphatic heterocycles. The predicted octanol–water partition coefficient (Wildman–Crippen LogP) is 9.34. The van der Waals surface area contributed by atoms with Crippen LogP contribution < -0.4 is 5.32 Å². The van der Waals surface area contributed by atoms with Crippen LogP contribution in [0.3, 0.4) is 0 Å². The van der Waals surface area contributed by atoms with E-state index in [1.165, 1.54) is 62.5 Å². The maximum absolute atomic E-state index is 15.5. The third-order valence-electron chi connectivity index (χ3n) is 17.6. The number of aliphatic hydroxyl groups is 3. The number of esters is 4. The molecule has 5 aliphatic rings. The monoisotopic (exact) mass is 1150 g/mol. The van der Waals surface area contributed by atoms with E-state index < -0.39 is 119 Å². The number of allylic oxidation sites excluding steroid dienone is 9. The SMILES string of the molecule is CC(=O)O[C@H]1C(=O)[C@@]2(C)[C@H]([C@H](OC(=O)c3ccccc3)[C@]3(O)C[C@H](OC(=O)[C@H](O)[C@@H](NC(=O)c4ccccc4)c4ccccc4)C(C)=C1C3(C)C)[C@]1(OC(C)=O)CO[C@@H]1C[C@@H]2O.CC1=C(/C=C/C(C)=C\C=C\C(C)=C\C(=O)O)C(C)(C)CCC1. The molecule has 3 aromatic rings. The highest BCUT2D eigenvalue weighted by Crippen LogP contribution is 2.64. The lowest BCUT2D eigenvalue weighted by Crippen LogP contribution is -2.82. The van der Waals surface area contributed by atoms with Crippen molar-refractivity contribution < 1.29 is 77.7 Å². The summed E-state index contributed by atoms with van der Waals surface area (Å²) in [6, 6.07) is 22.9. The maximum atomic E-state index is 15.5. The molecular weight excluding hydrogens is 1070 g/mol. The molecule has 1 heterocycles. The maximum Gasteiger partial charge on any atom is 0.338 e. The number of carbonyl (C=O) groups is 7. The van der Waals surface area contributed by atoms with Gasteiger partial charge >= 0.3 is 29.8 Å². The first-order valence-electron chi connectivity index (χ1n) is 28.3. The van der Waals surface area contributed by atoms with E-state index in [1.807, 2.05) is 12.2 Å². The van der Waals surface area contributed by atoms with Crippen LogP contribution in [0.2, 0.25) is 0 Å². The number of carbonyl (C=O) groups excluding carboxylic acids is 6. The van der Waals surface area contributed by atoms with Crippen molar-refractivity contribution in [1.29, 1.82) is 0 Å². The molecule has 3 aromatic carbocycles. The smallest absolute Gasteiger partial charge is 0.338 e. The van der Waals surface area contributed by atoms with Gasteiger partial charge in [-0.1, -0.05) is 136 Å². The minimum Gasteiger partial charge on any atom is -0.478 e. The summed E-state index contributed by atoms with van der Waals surface area (Å²) in [5.74, 6) is -7.75. The van der Waals surface area contributed by atoms with E-state index in [2.05, 4.69) is 45.2 Å². The molecule has 84 heavy (non-hydrogen) atoms. The zero-order valence-corrected chi connectivity index (χ0v) is 49.7. The molecule has 0 radical (unpaired) electrons. The normalized spacial score (nSPS) is 28.8. The fourth-order valence-corrected chi connectivity index (χ4v) is 13.1. The summed E-state index contributed by atoms with van der Waals surface area (Å²) in [7, 11) is 0. The molecule has 0 spiro atoms. The van der Waals surface area contributed by atoms with Gasteiger partial charge in [0.15, 0.2) is 23.6 Å². The third-order valence-corrected chi connectivity index (χ3v) is 17.6. The van der Waals surface area contributed by atoms with Gasteiger partial charge in [0.2, 0.25) is 0 Å². The first kappa shape index (κ1) is 64.0. The summed E-state index contributed by atoms with van der Waals surface area (Å²) in [5.41, 5.74) is -1.92. The van der Waals surface area contributed by atoms with E-state index >= 15 is 4.79 Å². The lowest BCUT2D eigenvalue weighted by molar-refractivity contribution is -0.346. The molecule has 11 atom stereocenters. The van der Waals surface area contributed by atoms with Crippen LogP contribution in [0.25, 0.3) is 0 Å². The number of carboxylic acids is 1. The minimum absolute atomic E-state index is 0.00289. The highest BCUT2D eigenvalue weighted by atomic mass is 16.6. The number of hydrogen-bond acceptors (Lipinski definition) is 15. The van der Waals surface area contributed by atoms with Crippen molar-refractivity contribution in [2.75, 3.05) is 6.61 Å². The molecule has 17 nitrogen and oxygen atoms in total. The number of aliphatic carboxylic acids is 1. The Morgan fingerprint density at radius 2 is 1.39 bits per heavy atom. The molecule has 4 aliphatic carbocycles. The van der Waals surface area contributed by atoms with Gasteiger partial charge < -0.3 is 49.4 Å². The number of carboxylic acid groups (broad SMARTS) is 1. The Kier molecular flexibility index (Phi) is 19.6. The van der Waals surface area contributed by atoms with E-state index in [9.17, 15) is 44.1 Å². The number of aliphatic hydroxyl groups excluding tert-OH is 2. The van der Waals surface area contributed by atoms with Crippen LogP contribution in [0.15, 0.2) is 161 Å². The molecule has 2 bridgehead atoms. The summed E-state index contributed by atoms with van der Waals surface area (Å²) >= 11 is 0. The summed E-state index contributed by atoms with van der Waals surface area (Å²) in [6.45, 7) is 18.7. The summed E-state index contributed by atoms with van der Waals surface area (Å²) < 4.78 is 30.3. The largest absolute Gasteiger partial charge is 0.478 e. The number of hydrogen-bond donors (Lipinski definition) is 5. The molecular formula is C67H79NO16. The van der Waals surface area contributed by atoms with Crippen LogP contribution in [-0.4, -0.2) is 116 Å². The van der Waals surface area contributed by atoms with Crippen LogP contribution >= 0.6 is 0 Å². The number of rotatable bonds is 15. The quantitative estimate of drug-likeness (QED) is 0.0312. The standard InChI is InChI=1S/C47H51NO14.C20H28O2/c1-25-31(60-43(56)36(52)35(28-16-10-7-11-17-28)48-41(54)29-18-12-8-13-19-29)23-47(57)40(61-42(55)30-20-14-9-15-21-30)38-45(6,32(51)22-33-46(38,24-58-33)62-27(3)50)39(53)37(59-26(2)49)34(25)44(47,4)5;1-15(8-6-9-16(2)14-19(21)22)11-12-18-17(3)10-7-13-20(18,4)5/h7-21,31-33,35-38,40,51-52,57H,22-24H2,1-6H3,(H,48,54);6,8-9,11-12,14H,7,10,13H2,1-5H3,(H,21,22)/b;9-6+,12-11+,15-8-,16-14+/t31-,32-,33+,35-,36+,37+,38-,40-,45+,46-,47+;/m0./s1. The second-order valence-corrected chi connectivity index (χ2v) is 24.1. The van der Waals surface area contributed by atoms with Gasteiger partial charge in [-0.2, -0.15) is 0 Å². The molecule has 448 valence electrons. The predicted molar refractivity (Wildman–Crippen MR) is 311 cm³/mol. The highest BCUT2D eigenvalue weighted by Gasteiger charge is 2.78. The molecule has 1 amide bonds. The van der Waals surface area contributed by atoms with Gasteiger partial charge in [-0.15, -0.1) is 0 Å². The number of benzene rings is 3. The topological polar surface area (TPSA) is 259 Å². The Morgan fingerprint density at radius 1 is 0.786 bits per heavy atom. The molecule has 0 aromatic heterocycles. The molecule has 17 heteroatoms. The number of fused-ring (bicyclic) bond motifs is 5. The van der Waals surface area contributed by atoms with Crippen molar-refractivity contribution in [2.24, 2.45) is 22.2 Å². The van der Waals surface area contributed by atoms with Gasteiger partial charge in [0.25, 0.3) is 5.91 Å². The van der Waals surface area contributed by atoms with Crippen molar-refractivity contribution in [3.8, 4) is 0 Å². The highest BCUT2D eigenvalue weighted by molar-refractivity contribution is 5.96. The second kappa shape index (κ2) is 25.7. The second-order valence-electron chi connectivity index (χ2n) is 24.1. The molecule has 2 saturated carbocycles. The van der Waals surface area contributed by atoms with Crippen molar-refractivity contribution in [1.82, 2.24) is 5.32 Å². The number of nitrogens with one attached hydrogen (secondary N) is 1. The van der Waals surface area contributed by atoms with Crippen LogP contribution in [0.1, 0.15) is 141 Å². The fraction of sp³-hybridized carbons (Fsp3) is 0.448. The molecule has 1 saturated heterocycles. The minimum atomic E-state index is -2.39. The summed E-state index contributed by atoms with van der Waals surface area (Å²) in [4.78, 5) is 94.0. The van der Waals surface area contributed by atoms with Crippen LogP contribution in [0.4, 0.5) is 0 Å². The summed E-state index contributed by atoms with van der Waals surface area (Å²) in [5, 5.41) is 48.9. The number of Topliss-reactive ketones (excluding diaryl/α,β-unsaturated/α-hetero) is 1. The van der Waals surface area contributed by atoms with Crippen molar-refractivity contribution in [3.05, 3.63) is 178 Å². The van der Waals surface area contributed by atoms with E-state index in [0.717, 1.165) is 25.0 Å². The number of amides is 1. The van der Waals surface area contributed by atoms with Gasteiger partial charge in [0.1, 0.15) is 23.9 Å². The Bertz CT molecular complexity index is 3190. The Balaban J connectivity index is 0.000000388. The van der Waals surface area contributed by atoms with Crippen LogP contribution in [0, 0.1) is 22.2 Å². The Labute approximate surface area is 491 Å². The van der Waals surface area contributed by atoms with E-state index in [1.54, 1.807) is 106 Å². The molecule has 3 fully saturated rings. The zero-order valence-electron chi connectivity index (χ0n) is 49.7. The first-order valence-corrected chi connectivity index (χ1v) is 28.3. The first-order chi connectivity index (χ1) is 39.5. The van der Waals surface area contributed by atoms with E-state index in [4.69, 9.17) is 28.8 Å².